The zero-order valence-electron chi connectivity index (χ0n) is 20.9. The van der Waals surface area contributed by atoms with Crippen LogP contribution in [0.4, 0.5) is 4.39 Å². The minimum Gasteiger partial charge on any atom is -0.493 e. The lowest BCUT2D eigenvalue weighted by atomic mass is 10.1. The van der Waals surface area contributed by atoms with Crippen molar-refractivity contribution in [3.63, 3.8) is 0 Å². The van der Waals surface area contributed by atoms with Gasteiger partial charge in [0.15, 0.2) is 11.5 Å². The molecule has 0 spiro atoms. The van der Waals surface area contributed by atoms with E-state index in [0.29, 0.717) is 50.1 Å². The Hall–Kier alpha value is -3.14. The van der Waals surface area contributed by atoms with E-state index < -0.39 is 5.60 Å². The van der Waals surface area contributed by atoms with Crippen LogP contribution >= 0.6 is 0 Å². The molecule has 8 nitrogen and oxygen atoms in total. The maximum absolute atomic E-state index is 13.5. The Bertz CT molecular complexity index is 1120. The fourth-order valence-electron chi connectivity index (χ4n) is 4.18. The van der Waals surface area contributed by atoms with E-state index in [4.69, 9.17) is 18.9 Å². The molecule has 1 N–H and O–H groups in total. The number of rotatable bonds is 11. The number of methoxy groups -OCH3 is 1. The number of hydrogen-bond donors (Lipinski definition) is 1. The number of ether oxygens (including phenoxy) is 4. The van der Waals surface area contributed by atoms with Crippen LogP contribution in [-0.4, -0.2) is 72.0 Å². The van der Waals surface area contributed by atoms with Gasteiger partial charge < -0.3 is 24.1 Å². The normalized spacial score (nSPS) is 18.6. The molecule has 2 heterocycles. The van der Waals surface area contributed by atoms with Crippen LogP contribution in [0.1, 0.15) is 17.5 Å². The molecule has 3 aromatic rings. The predicted octanol–water partition coefficient (Wildman–Crippen LogP) is 3.45. The van der Waals surface area contributed by atoms with Gasteiger partial charge in [-0.05, 0) is 42.3 Å². The van der Waals surface area contributed by atoms with Crippen molar-refractivity contribution in [2.24, 2.45) is 0 Å². The van der Waals surface area contributed by atoms with Gasteiger partial charge in [0, 0.05) is 44.9 Å². The van der Waals surface area contributed by atoms with Gasteiger partial charge in [-0.3, -0.25) is 9.58 Å². The lowest BCUT2D eigenvalue weighted by molar-refractivity contribution is -0.0647. The van der Waals surface area contributed by atoms with E-state index in [2.05, 4.69) is 10.00 Å². The molecular weight excluding hydrogens is 465 g/mol. The van der Waals surface area contributed by atoms with E-state index in [9.17, 15) is 9.50 Å². The number of aryl methyl sites for hydroxylation is 2. The molecule has 2 aromatic carbocycles. The molecule has 4 rings (SSSR count). The van der Waals surface area contributed by atoms with Gasteiger partial charge in [0.25, 0.3) is 0 Å². The van der Waals surface area contributed by atoms with E-state index in [-0.39, 0.29) is 19.0 Å². The first kappa shape index (κ1) is 25.9. The summed E-state index contributed by atoms with van der Waals surface area (Å²) in [5.41, 5.74) is 0.944. The Morgan fingerprint density at radius 1 is 1.17 bits per heavy atom. The topological polar surface area (TPSA) is 78.2 Å². The van der Waals surface area contributed by atoms with Crippen LogP contribution in [0.5, 0.6) is 17.2 Å². The molecule has 36 heavy (non-hydrogen) atoms. The zero-order chi connectivity index (χ0) is 25.4. The Morgan fingerprint density at radius 3 is 2.83 bits per heavy atom. The van der Waals surface area contributed by atoms with Crippen molar-refractivity contribution in [2.75, 3.05) is 46.6 Å². The van der Waals surface area contributed by atoms with Gasteiger partial charge in [-0.2, -0.15) is 5.10 Å². The summed E-state index contributed by atoms with van der Waals surface area (Å²) >= 11 is 0. The van der Waals surface area contributed by atoms with E-state index in [1.54, 1.807) is 19.2 Å². The molecule has 0 amide bonds. The van der Waals surface area contributed by atoms with Crippen molar-refractivity contribution in [1.29, 1.82) is 0 Å². The molecule has 194 valence electrons. The maximum atomic E-state index is 13.5. The van der Waals surface area contributed by atoms with E-state index in [1.165, 1.54) is 12.1 Å². The average Bonchev–Trinajstić information content (AvgIpc) is 3.19. The van der Waals surface area contributed by atoms with E-state index >= 15 is 0 Å². The third-order valence-corrected chi connectivity index (χ3v) is 5.93. The summed E-state index contributed by atoms with van der Waals surface area (Å²) in [6, 6.07) is 11.8. The monoisotopic (exact) mass is 499 g/mol. The Kier molecular flexibility index (Phi) is 8.79. The standard InChI is InChI=1S/C27H34FN3O5/c1-21-15-29-31(16-21)9-4-11-35-26-13-22(7-8-25(26)33-2)17-30-10-12-34-19-27(32,18-30)20-36-24-6-3-5-23(28)14-24/h3,5-8,13-16,32H,4,9-12,17-20H2,1-2H3/t27-/m1/s1. The largest absolute Gasteiger partial charge is 0.493 e. The van der Waals surface area contributed by atoms with Crippen LogP contribution < -0.4 is 14.2 Å². The Balaban J connectivity index is 1.34. The van der Waals surface area contributed by atoms with E-state index in [0.717, 1.165) is 24.1 Å². The third-order valence-electron chi connectivity index (χ3n) is 5.93. The second-order valence-electron chi connectivity index (χ2n) is 9.20. The highest BCUT2D eigenvalue weighted by molar-refractivity contribution is 5.43. The molecule has 0 unspecified atom stereocenters. The average molecular weight is 500 g/mol. The zero-order valence-corrected chi connectivity index (χ0v) is 20.9. The van der Waals surface area contributed by atoms with Gasteiger partial charge in [-0.1, -0.05) is 12.1 Å². The number of hydrogen-bond acceptors (Lipinski definition) is 7. The summed E-state index contributed by atoms with van der Waals surface area (Å²) in [6.07, 6.45) is 4.67. The summed E-state index contributed by atoms with van der Waals surface area (Å²) in [4.78, 5) is 2.12. The van der Waals surface area contributed by atoms with Crippen LogP contribution in [-0.2, 0) is 17.8 Å². The van der Waals surface area contributed by atoms with Gasteiger partial charge in [0.2, 0.25) is 0 Å². The van der Waals surface area contributed by atoms with Gasteiger partial charge in [0.1, 0.15) is 23.8 Å². The summed E-state index contributed by atoms with van der Waals surface area (Å²) in [5.74, 6) is 1.35. The minimum atomic E-state index is -1.22. The molecule has 9 heteroatoms. The molecule has 1 saturated heterocycles. The molecular formula is C27H34FN3O5. The molecule has 0 aliphatic carbocycles. The van der Waals surface area contributed by atoms with Crippen LogP contribution in [0.15, 0.2) is 54.9 Å². The molecule has 1 aliphatic rings. The van der Waals surface area contributed by atoms with Crippen LogP contribution in [0.3, 0.4) is 0 Å². The Labute approximate surface area is 211 Å². The van der Waals surface area contributed by atoms with Crippen molar-refractivity contribution in [3.05, 3.63) is 71.8 Å². The molecule has 0 radical (unpaired) electrons. The molecule has 1 fully saturated rings. The summed E-state index contributed by atoms with van der Waals surface area (Å²) in [6.45, 7) is 5.58. The maximum Gasteiger partial charge on any atom is 0.161 e. The number of β-amino-alcohol motifs (C(OH)–C–C–N with tert-alkyl or cyclic N) is 1. The van der Waals surface area contributed by atoms with Crippen LogP contribution in [0, 0.1) is 12.7 Å². The highest BCUT2D eigenvalue weighted by Gasteiger charge is 2.33. The highest BCUT2D eigenvalue weighted by Crippen LogP contribution is 2.29. The van der Waals surface area contributed by atoms with Gasteiger partial charge >= 0.3 is 0 Å². The van der Waals surface area contributed by atoms with Crippen molar-refractivity contribution >= 4 is 0 Å². The first-order valence-corrected chi connectivity index (χ1v) is 12.1. The number of aromatic nitrogens is 2. The first-order chi connectivity index (χ1) is 17.4. The van der Waals surface area contributed by atoms with Gasteiger partial charge in [0.05, 0.1) is 33.1 Å². The molecule has 0 bridgehead atoms. The van der Waals surface area contributed by atoms with Gasteiger partial charge in [-0.15, -0.1) is 0 Å². The molecule has 0 saturated carbocycles. The second kappa shape index (κ2) is 12.2. The lowest BCUT2D eigenvalue weighted by Gasteiger charge is -2.30. The van der Waals surface area contributed by atoms with Crippen molar-refractivity contribution in [3.8, 4) is 17.2 Å². The number of halogens is 1. The molecule has 1 aromatic heterocycles. The minimum absolute atomic E-state index is 0.000294. The SMILES string of the molecule is COc1ccc(CN2CCOC[C@@](O)(COc3cccc(F)c3)C2)cc1OCCCn1cc(C)cn1. The smallest absolute Gasteiger partial charge is 0.161 e. The Morgan fingerprint density at radius 2 is 2.06 bits per heavy atom. The number of nitrogens with zero attached hydrogens (tertiary/aromatic N) is 3. The summed E-state index contributed by atoms with van der Waals surface area (Å²) < 4.78 is 38.2. The highest BCUT2D eigenvalue weighted by atomic mass is 19.1. The molecule has 1 aliphatic heterocycles. The fourth-order valence-corrected chi connectivity index (χ4v) is 4.18. The second-order valence-corrected chi connectivity index (χ2v) is 9.20. The quantitative estimate of drug-likeness (QED) is 0.405. The summed E-state index contributed by atoms with van der Waals surface area (Å²) in [7, 11) is 1.62. The van der Waals surface area contributed by atoms with Gasteiger partial charge in [-0.25, -0.2) is 4.39 Å². The molecule has 1 atom stereocenters. The number of aliphatic hydroxyl groups is 1. The third kappa shape index (κ3) is 7.43. The van der Waals surface area contributed by atoms with Crippen molar-refractivity contribution in [1.82, 2.24) is 14.7 Å². The first-order valence-electron chi connectivity index (χ1n) is 12.1. The lowest BCUT2D eigenvalue weighted by Crippen LogP contribution is -2.48. The van der Waals surface area contributed by atoms with Crippen molar-refractivity contribution < 1.29 is 28.4 Å². The van der Waals surface area contributed by atoms with Crippen molar-refractivity contribution in [2.45, 2.75) is 32.0 Å². The van der Waals surface area contributed by atoms with Crippen LogP contribution in [0.2, 0.25) is 0 Å². The fraction of sp³-hybridized carbons (Fsp3) is 0.444. The predicted molar refractivity (Wildman–Crippen MR) is 133 cm³/mol. The summed E-state index contributed by atoms with van der Waals surface area (Å²) in [5, 5.41) is 15.5. The van der Waals surface area contributed by atoms with E-state index in [1.807, 2.05) is 42.2 Å². The van der Waals surface area contributed by atoms with Crippen LogP contribution in [0.25, 0.3) is 0 Å². The number of benzene rings is 2.